The minimum Gasteiger partial charge on any atom is -0.478 e. The van der Waals surface area contributed by atoms with Crippen molar-refractivity contribution in [2.75, 3.05) is 6.61 Å². The lowest BCUT2D eigenvalue weighted by Crippen LogP contribution is -2.13. The van der Waals surface area contributed by atoms with Gasteiger partial charge in [-0.15, -0.1) is 0 Å². The van der Waals surface area contributed by atoms with E-state index in [0.29, 0.717) is 24.2 Å². The third kappa shape index (κ3) is 5.61. The number of hydrogen-bond donors (Lipinski definition) is 3. The molecule has 0 spiro atoms. The van der Waals surface area contributed by atoms with Gasteiger partial charge in [0.1, 0.15) is 0 Å². The molecule has 2 aromatic rings. The first kappa shape index (κ1) is 20.6. The first-order chi connectivity index (χ1) is 12.6. The smallest absolute Gasteiger partial charge is 0.336 e. The zero-order valence-electron chi connectivity index (χ0n) is 14.3. The Kier molecular flexibility index (Phi) is 6.32. The normalized spacial score (nSPS) is 15.4. The molecule has 2 aromatic carbocycles. The van der Waals surface area contributed by atoms with Crippen molar-refractivity contribution in [3.63, 3.8) is 0 Å². The Morgan fingerprint density at radius 2 is 1.67 bits per heavy atom. The second-order valence-electron chi connectivity index (χ2n) is 5.84. The summed E-state index contributed by atoms with van der Waals surface area (Å²) in [4.78, 5) is 22.2. The third-order valence-electron chi connectivity index (χ3n) is 3.84. The van der Waals surface area contributed by atoms with Crippen molar-refractivity contribution in [1.29, 1.82) is 0 Å². The number of hydrogen-bond acceptors (Lipinski definition) is 5. The Morgan fingerprint density at radius 3 is 2.07 bits per heavy atom. The number of carbonyl (C=O) groups is 2. The van der Waals surface area contributed by atoms with Crippen LogP contribution in [0.5, 0.6) is 0 Å². The van der Waals surface area contributed by atoms with Gasteiger partial charge in [-0.1, -0.05) is 24.3 Å². The van der Waals surface area contributed by atoms with Gasteiger partial charge in [-0.2, -0.15) is 8.42 Å². The molecule has 1 heterocycles. The Hall–Kier alpha value is -2.75. The van der Waals surface area contributed by atoms with Crippen molar-refractivity contribution in [3.8, 4) is 0 Å². The Bertz CT molecular complexity index is 947. The van der Waals surface area contributed by atoms with Gasteiger partial charge >= 0.3 is 11.9 Å². The van der Waals surface area contributed by atoms with Crippen LogP contribution in [0.2, 0.25) is 0 Å². The predicted octanol–water partition coefficient (Wildman–Crippen LogP) is 2.27. The fraction of sp³-hybridized carbons (Fsp3) is 0.222. The van der Waals surface area contributed by atoms with Gasteiger partial charge in [0.05, 0.1) is 28.7 Å². The number of carboxylic acids is 2. The highest BCUT2D eigenvalue weighted by molar-refractivity contribution is 7.85. The summed E-state index contributed by atoms with van der Waals surface area (Å²) in [6, 6.07) is 10.4. The van der Waals surface area contributed by atoms with Crippen molar-refractivity contribution in [1.82, 2.24) is 0 Å². The van der Waals surface area contributed by atoms with Gasteiger partial charge < -0.3 is 14.9 Å². The molecule has 9 heteroatoms. The van der Waals surface area contributed by atoms with Crippen LogP contribution in [-0.4, -0.2) is 47.8 Å². The van der Waals surface area contributed by atoms with Crippen molar-refractivity contribution in [2.24, 2.45) is 0 Å². The van der Waals surface area contributed by atoms with E-state index in [1.807, 2.05) is 0 Å². The molecule has 1 aliphatic rings. The fourth-order valence-corrected chi connectivity index (χ4v) is 2.98. The number of benzene rings is 2. The molecule has 0 aromatic heterocycles. The summed E-state index contributed by atoms with van der Waals surface area (Å²) in [5.74, 6) is -2.20. The first-order valence-corrected chi connectivity index (χ1v) is 9.28. The zero-order chi connectivity index (χ0) is 20.2. The van der Waals surface area contributed by atoms with E-state index < -0.39 is 22.1 Å². The van der Waals surface area contributed by atoms with Crippen LogP contribution in [0.3, 0.4) is 0 Å². The van der Waals surface area contributed by atoms with E-state index in [-0.39, 0.29) is 22.1 Å². The maximum absolute atomic E-state index is 11.2. The lowest BCUT2D eigenvalue weighted by molar-refractivity contribution is 0.0694. The van der Waals surface area contributed by atoms with Crippen LogP contribution in [0, 0.1) is 6.92 Å². The van der Waals surface area contributed by atoms with Gasteiger partial charge in [-0.25, -0.2) is 9.59 Å². The molecule has 27 heavy (non-hydrogen) atoms. The van der Waals surface area contributed by atoms with Crippen molar-refractivity contribution >= 4 is 22.1 Å². The molecule has 0 saturated carbocycles. The largest absolute Gasteiger partial charge is 0.478 e. The van der Waals surface area contributed by atoms with Crippen molar-refractivity contribution < 1.29 is 37.5 Å². The molecule has 0 radical (unpaired) electrons. The summed E-state index contributed by atoms with van der Waals surface area (Å²) in [7, 11) is -4.00. The topological polar surface area (TPSA) is 142 Å². The highest BCUT2D eigenvalue weighted by Crippen LogP contribution is 2.25. The summed E-state index contributed by atoms with van der Waals surface area (Å²) in [5, 5.41) is 18.2. The average molecular weight is 394 g/mol. The van der Waals surface area contributed by atoms with E-state index in [1.165, 1.54) is 24.3 Å². The number of aromatic carboxylic acids is 2. The predicted molar refractivity (Wildman–Crippen MR) is 94.8 cm³/mol. The van der Waals surface area contributed by atoms with Crippen LogP contribution >= 0.6 is 0 Å². The fourth-order valence-electron chi connectivity index (χ4n) is 2.48. The second-order valence-corrected chi connectivity index (χ2v) is 7.26. The minimum absolute atomic E-state index is 0.0449. The summed E-state index contributed by atoms with van der Waals surface area (Å²) in [6.07, 6.45) is 0.290. The maximum Gasteiger partial charge on any atom is 0.336 e. The molecule has 8 nitrogen and oxygen atoms in total. The quantitative estimate of drug-likeness (QED) is 0.518. The van der Waals surface area contributed by atoms with Crippen LogP contribution in [0.15, 0.2) is 47.4 Å². The Labute approximate surface area is 155 Å². The molecule has 144 valence electrons. The molecule has 0 unspecified atom stereocenters. The monoisotopic (exact) mass is 394 g/mol. The standard InChI is InChI=1S/C12H12O5.C6H6O3S/c1-6-2-3-8(11(13)14)9(4-7-5-17-7)10(6)12(15)16;7-10(8,9)6-4-2-1-3-5-6/h2-3,7H,4-5H2,1H3,(H,13,14)(H,15,16);1-5H,(H,7,8,9)/t7-;/m1./s1. The summed E-state index contributed by atoms with van der Waals surface area (Å²) in [6.45, 7) is 2.22. The van der Waals surface area contributed by atoms with Gasteiger partial charge in [-0.05, 0) is 36.2 Å². The number of carboxylic acid groups (broad SMARTS) is 2. The lowest BCUT2D eigenvalue weighted by atomic mass is 9.93. The molecule has 0 aliphatic carbocycles. The van der Waals surface area contributed by atoms with Crippen molar-refractivity contribution in [2.45, 2.75) is 24.3 Å². The summed E-state index contributed by atoms with van der Waals surface area (Å²) in [5.41, 5.74) is 1.05. The van der Waals surface area contributed by atoms with E-state index in [9.17, 15) is 18.0 Å². The van der Waals surface area contributed by atoms with Gasteiger partial charge in [0.2, 0.25) is 0 Å². The number of ether oxygens (including phenoxy) is 1. The van der Waals surface area contributed by atoms with E-state index in [1.54, 1.807) is 25.1 Å². The van der Waals surface area contributed by atoms with E-state index in [0.717, 1.165) is 0 Å². The van der Waals surface area contributed by atoms with Gasteiger partial charge in [0.15, 0.2) is 0 Å². The Morgan fingerprint density at radius 1 is 1.07 bits per heavy atom. The Balaban J connectivity index is 0.000000223. The second kappa shape index (κ2) is 8.30. The maximum atomic E-state index is 11.2. The van der Waals surface area contributed by atoms with E-state index in [4.69, 9.17) is 19.5 Å². The van der Waals surface area contributed by atoms with E-state index >= 15 is 0 Å². The van der Waals surface area contributed by atoms with Crippen LogP contribution in [0.1, 0.15) is 31.8 Å². The molecule has 0 bridgehead atoms. The van der Waals surface area contributed by atoms with Gasteiger partial charge in [0.25, 0.3) is 10.1 Å². The van der Waals surface area contributed by atoms with E-state index in [2.05, 4.69) is 0 Å². The van der Waals surface area contributed by atoms with Crippen LogP contribution in [-0.2, 0) is 21.3 Å². The van der Waals surface area contributed by atoms with Gasteiger partial charge in [0, 0.05) is 6.42 Å². The van der Waals surface area contributed by atoms with Crippen LogP contribution < -0.4 is 0 Å². The molecule has 1 aliphatic heterocycles. The van der Waals surface area contributed by atoms with Crippen molar-refractivity contribution in [3.05, 3.63) is 64.7 Å². The molecule has 0 amide bonds. The number of aryl methyl sites for hydroxylation is 1. The van der Waals surface area contributed by atoms with Crippen LogP contribution in [0.25, 0.3) is 0 Å². The zero-order valence-corrected chi connectivity index (χ0v) is 15.1. The average Bonchev–Trinajstić information content (AvgIpc) is 3.39. The van der Waals surface area contributed by atoms with Gasteiger partial charge in [-0.3, -0.25) is 4.55 Å². The summed E-state index contributed by atoms with van der Waals surface area (Å²) >= 11 is 0. The highest BCUT2D eigenvalue weighted by Gasteiger charge is 2.29. The number of rotatable bonds is 5. The molecule has 3 rings (SSSR count). The summed E-state index contributed by atoms with van der Waals surface area (Å²) < 4.78 is 34.3. The lowest BCUT2D eigenvalue weighted by Gasteiger charge is -2.11. The highest BCUT2D eigenvalue weighted by atomic mass is 32.2. The number of epoxide rings is 1. The molecular formula is C18H18O8S. The molecule has 1 fully saturated rings. The molecule has 1 atom stereocenters. The third-order valence-corrected chi connectivity index (χ3v) is 4.71. The van der Waals surface area contributed by atoms with Crippen LogP contribution in [0.4, 0.5) is 0 Å². The molecular weight excluding hydrogens is 376 g/mol. The molecule has 3 N–H and O–H groups in total. The molecule has 1 saturated heterocycles. The SMILES string of the molecule is Cc1ccc(C(=O)O)c(C[C@@H]2CO2)c1C(=O)O.O=S(=O)(O)c1ccccc1. The minimum atomic E-state index is -4.00. The first-order valence-electron chi connectivity index (χ1n) is 7.84.